The number of β-amino-alcohol motifs (C(OH)–C–C–N with tert-alkyl or cyclic N) is 1. The predicted molar refractivity (Wildman–Crippen MR) is 91.6 cm³/mol. The van der Waals surface area contributed by atoms with Crippen molar-refractivity contribution in [2.24, 2.45) is 0 Å². The second kappa shape index (κ2) is 5.41. The van der Waals surface area contributed by atoms with Crippen molar-refractivity contribution in [3.63, 3.8) is 0 Å². The van der Waals surface area contributed by atoms with Gasteiger partial charge in [-0.05, 0) is 19.9 Å². The molecule has 3 aromatic rings. The van der Waals surface area contributed by atoms with Crippen LogP contribution in [0.3, 0.4) is 0 Å². The quantitative estimate of drug-likeness (QED) is 0.771. The normalized spacial score (nSPS) is 16.8. The van der Waals surface area contributed by atoms with Crippen molar-refractivity contribution in [2.45, 2.75) is 32.3 Å². The standard InChI is InChI=1S/C17H18F2N6O/c1-10-6-12-11(7-21-10)14(24-8-16(2,26)9-24)23-25(12)13-4-5-20-15(22-13)17(3,18)19/h4-7,26H,8-9H2,1-3H3. The average Bonchev–Trinajstić information content (AvgIpc) is 2.90. The predicted octanol–water partition coefficient (Wildman–Crippen LogP) is 2.20. The highest BCUT2D eigenvalue weighted by atomic mass is 19.3. The molecular formula is C17H18F2N6O. The Kier molecular flexibility index (Phi) is 3.49. The van der Waals surface area contributed by atoms with Gasteiger partial charge in [-0.15, -0.1) is 5.10 Å². The molecule has 0 unspecified atom stereocenters. The summed E-state index contributed by atoms with van der Waals surface area (Å²) in [5, 5.41) is 15.4. The van der Waals surface area contributed by atoms with Gasteiger partial charge in [0.2, 0.25) is 5.82 Å². The van der Waals surface area contributed by atoms with E-state index in [-0.39, 0.29) is 5.82 Å². The van der Waals surface area contributed by atoms with E-state index in [2.05, 4.69) is 20.1 Å². The van der Waals surface area contributed by atoms with E-state index in [0.717, 1.165) is 18.0 Å². The number of halogens is 2. The van der Waals surface area contributed by atoms with Crippen LogP contribution >= 0.6 is 0 Å². The van der Waals surface area contributed by atoms with Crippen molar-refractivity contribution in [3.05, 3.63) is 36.0 Å². The van der Waals surface area contributed by atoms with Crippen molar-refractivity contribution < 1.29 is 13.9 Å². The zero-order valence-electron chi connectivity index (χ0n) is 14.6. The zero-order valence-corrected chi connectivity index (χ0v) is 14.6. The Morgan fingerprint density at radius 2 is 2.00 bits per heavy atom. The number of alkyl halides is 2. The lowest BCUT2D eigenvalue weighted by Gasteiger charge is -2.44. The molecule has 0 aromatic carbocycles. The van der Waals surface area contributed by atoms with E-state index >= 15 is 0 Å². The van der Waals surface area contributed by atoms with E-state index in [4.69, 9.17) is 0 Å². The van der Waals surface area contributed by atoms with Crippen LogP contribution in [0.5, 0.6) is 0 Å². The number of hydrogen-bond acceptors (Lipinski definition) is 6. The van der Waals surface area contributed by atoms with Crippen molar-refractivity contribution in [1.29, 1.82) is 0 Å². The molecule has 0 bridgehead atoms. The Hall–Kier alpha value is -2.68. The van der Waals surface area contributed by atoms with Crippen LogP contribution in [-0.4, -0.2) is 48.5 Å². The fraction of sp³-hybridized carbons (Fsp3) is 0.412. The van der Waals surface area contributed by atoms with E-state index < -0.39 is 17.3 Å². The second-order valence-corrected chi connectivity index (χ2v) is 7.06. The summed E-state index contributed by atoms with van der Waals surface area (Å²) in [4.78, 5) is 13.9. The third-order valence-electron chi connectivity index (χ3n) is 4.30. The van der Waals surface area contributed by atoms with Gasteiger partial charge in [0, 0.05) is 44.2 Å². The number of aliphatic hydroxyl groups is 1. The van der Waals surface area contributed by atoms with Crippen molar-refractivity contribution in [2.75, 3.05) is 18.0 Å². The van der Waals surface area contributed by atoms with Gasteiger partial charge in [-0.25, -0.2) is 14.6 Å². The van der Waals surface area contributed by atoms with Gasteiger partial charge in [0.25, 0.3) is 0 Å². The monoisotopic (exact) mass is 360 g/mol. The first-order valence-electron chi connectivity index (χ1n) is 8.18. The summed E-state index contributed by atoms with van der Waals surface area (Å²) in [7, 11) is 0. The number of rotatable bonds is 3. The molecule has 9 heteroatoms. The SMILES string of the molecule is Cc1cc2c(cn1)c(N1CC(C)(O)C1)nn2-c1ccnc(C(C)(F)F)n1. The minimum Gasteiger partial charge on any atom is -0.386 e. The van der Waals surface area contributed by atoms with Crippen LogP contribution < -0.4 is 4.90 Å². The molecule has 3 aromatic heterocycles. The third kappa shape index (κ3) is 2.78. The molecule has 1 aliphatic rings. The van der Waals surface area contributed by atoms with Gasteiger partial charge in [0.1, 0.15) is 0 Å². The highest BCUT2D eigenvalue weighted by molar-refractivity contribution is 5.91. The van der Waals surface area contributed by atoms with E-state index in [1.807, 2.05) is 17.9 Å². The van der Waals surface area contributed by atoms with Crippen LogP contribution in [0.2, 0.25) is 0 Å². The Labute approximate surface area is 148 Å². The van der Waals surface area contributed by atoms with Gasteiger partial charge in [-0.3, -0.25) is 4.98 Å². The number of nitrogens with zero attached hydrogens (tertiary/aromatic N) is 6. The molecule has 0 spiro atoms. The molecule has 0 aliphatic carbocycles. The molecule has 1 saturated heterocycles. The smallest absolute Gasteiger partial charge is 0.303 e. The minimum absolute atomic E-state index is 0.255. The molecule has 1 aliphatic heterocycles. The summed E-state index contributed by atoms with van der Waals surface area (Å²) in [5.41, 5.74) is 0.722. The molecule has 1 N–H and O–H groups in total. The van der Waals surface area contributed by atoms with Gasteiger partial charge in [0.05, 0.1) is 16.5 Å². The molecule has 1 fully saturated rings. The summed E-state index contributed by atoms with van der Waals surface area (Å²) in [5.74, 6) is -2.80. The summed E-state index contributed by atoms with van der Waals surface area (Å²) < 4.78 is 28.7. The van der Waals surface area contributed by atoms with Crippen molar-refractivity contribution >= 4 is 16.7 Å². The maximum Gasteiger partial charge on any atom is 0.303 e. The fourth-order valence-electron chi connectivity index (χ4n) is 3.11. The van der Waals surface area contributed by atoms with Crippen LogP contribution in [0.15, 0.2) is 24.5 Å². The van der Waals surface area contributed by atoms with Crippen LogP contribution in [0.1, 0.15) is 25.4 Å². The number of hydrogen-bond donors (Lipinski definition) is 1. The molecule has 7 nitrogen and oxygen atoms in total. The largest absolute Gasteiger partial charge is 0.386 e. The van der Waals surface area contributed by atoms with Gasteiger partial charge in [-0.1, -0.05) is 0 Å². The van der Waals surface area contributed by atoms with Crippen molar-refractivity contribution in [1.82, 2.24) is 24.7 Å². The number of fused-ring (bicyclic) bond motifs is 1. The zero-order chi connectivity index (χ0) is 18.7. The van der Waals surface area contributed by atoms with E-state index in [9.17, 15) is 13.9 Å². The fourth-order valence-corrected chi connectivity index (χ4v) is 3.11. The van der Waals surface area contributed by atoms with Crippen LogP contribution in [0.4, 0.5) is 14.6 Å². The Balaban J connectivity index is 1.87. The number of anilines is 1. The van der Waals surface area contributed by atoms with Crippen LogP contribution in [0.25, 0.3) is 16.7 Å². The highest BCUT2D eigenvalue weighted by Crippen LogP contribution is 2.34. The second-order valence-electron chi connectivity index (χ2n) is 7.06. The molecule has 0 saturated carbocycles. The Morgan fingerprint density at radius 1 is 1.27 bits per heavy atom. The van der Waals surface area contributed by atoms with Crippen molar-refractivity contribution in [3.8, 4) is 5.82 Å². The van der Waals surface area contributed by atoms with Gasteiger partial charge in [0.15, 0.2) is 11.6 Å². The van der Waals surface area contributed by atoms with Gasteiger partial charge in [-0.2, -0.15) is 8.78 Å². The van der Waals surface area contributed by atoms with Crippen LogP contribution in [-0.2, 0) is 5.92 Å². The van der Waals surface area contributed by atoms with Crippen LogP contribution in [0, 0.1) is 6.92 Å². The van der Waals surface area contributed by atoms with E-state index in [1.54, 1.807) is 13.1 Å². The third-order valence-corrected chi connectivity index (χ3v) is 4.30. The topological polar surface area (TPSA) is 80.0 Å². The average molecular weight is 360 g/mol. The summed E-state index contributed by atoms with van der Waals surface area (Å²) in [6, 6.07) is 3.36. The molecule has 4 rings (SSSR count). The molecule has 0 atom stereocenters. The van der Waals surface area contributed by atoms with Gasteiger partial charge < -0.3 is 10.0 Å². The molecule has 26 heavy (non-hydrogen) atoms. The summed E-state index contributed by atoms with van der Waals surface area (Å²) in [6.07, 6.45) is 3.00. The first-order valence-corrected chi connectivity index (χ1v) is 8.18. The summed E-state index contributed by atoms with van der Waals surface area (Å²) in [6.45, 7) is 5.24. The van der Waals surface area contributed by atoms with Gasteiger partial charge >= 0.3 is 5.92 Å². The first kappa shape index (κ1) is 16.8. The lowest BCUT2D eigenvalue weighted by molar-refractivity contribution is 0.00761. The molecule has 136 valence electrons. The lowest BCUT2D eigenvalue weighted by atomic mass is 9.97. The Bertz CT molecular complexity index is 987. The van der Waals surface area contributed by atoms with E-state index in [0.29, 0.717) is 24.4 Å². The Morgan fingerprint density at radius 3 is 2.65 bits per heavy atom. The number of aryl methyl sites for hydroxylation is 1. The first-order chi connectivity index (χ1) is 12.1. The molecular weight excluding hydrogens is 342 g/mol. The minimum atomic E-state index is -3.14. The van der Waals surface area contributed by atoms with E-state index in [1.165, 1.54) is 16.9 Å². The highest BCUT2D eigenvalue weighted by Gasteiger charge is 2.39. The maximum atomic E-state index is 13.6. The lowest BCUT2D eigenvalue weighted by Crippen LogP contribution is -2.60. The number of aromatic nitrogens is 5. The molecule has 0 amide bonds. The molecule has 4 heterocycles. The summed E-state index contributed by atoms with van der Waals surface area (Å²) >= 11 is 0. The maximum absolute atomic E-state index is 13.6. The molecule has 0 radical (unpaired) electrons. The number of pyridine rings is 1.